The summed E-state index contributed by atoms with van der Waals surface area (Å²) in [6.07, 6.45) is 0.462. The van der Waals surface area contributed by atoms with Gasteiger partial charge in [0, 0.05) is 25.7 Å². The lowest BCUT2D eigenvalue weighted by Crippen LogP contribution is -2.72. The highest BCUT2D eigenvalue weighted by atomic mass is 16.6. The van der Waals surface area contributed by atoms with Crippen LogP contribution in [-0.4, -0.2) is 65.6 Å². The van der Waals surface area contributed by atoms with Gasteiger partial charge in [0.2, 0.25) is 0 Å². The van der Waals surface area contributed by atoms with Gasteiger partial charge < -0.3 is 24.8 Å². The average molecular weight is 300 g/mol. The van der Waals surface area contributed by atoms with Gasteiger partial charge >= 0.3 is 12.1 Å². The summed E-state index contributed by atoms with van der Waals surface area (Å²) in [4.78, 5) is 24.6. The van der Waals surface area contributed by atoms with Crippen LogP contribution in [0, 0.1) is 0 Å². The fraction of sp³-hybridized carbons (Fsp3) is 0.857. The van der Waals surface area contributed by atoms with Crippen molar-refractivity contribution in [2.75, 3.05) is 26.3 Å². The van der Waals surface area contributed by atoms with E-state index in [-0.39, 0.29) is 12.5 Å². The highest BCUT2D eigenvalue weighted by Crippen LogP contribution is 2.28. The number of nitrogens with zero attached hydrogens (tertiary/aromatic N) is 1. The molecule has 2 rings (SSSR count). The summed E-state index contributed by atoms with van der Waals surface area (Å²) in [5, 5.41) is 12.4. The number of likely N-dealkylation sites (tertiary alicyclic amines) is 1. The van der Waals surface area contributed by atoms with Gasteiger partial charge in [0.05, 0.1) is 18.6 Å². The average Bonchev–Trinajstić information content (AvgIpc) is 2.74. The van der Waals surface area contributed by atoms with Crippen molar-refractivity contribution < 1.29 is 24.2 Å². The number of carbonyl (C=O) groups is 2. The minimum Gasteiger partial charge on any atom is -0.481 e. The Hall–Kier alpha value is -1.34. The first-order valence-electron chi connectivity index (χ1n) is 7.24. The second-order valence-electron chi connectivity index (χ2n) is 6.89. The van der Waals surface area contributed by atoms with E-state index in [1.165, 1.54) is 4.90 Å². The number of amides is 1. The molecule has 2 aliphatic rings. The van der Waals surface area contributed by atoms with Crippen molar-refractivity contribution in [2.24, 2.45) is 0 Å². The zero-order valence-electron chi connectivity index (χ0n) is 12.8. The lowest BCUT2D eigenvalue weighted by atomic mass is 9.85. The van der Waals surface area contributed by atoms with E-state index < -0.39 is 23.2 Å². The predicted octanol–water partition coefficient (Wildman–Crippen LogP) is 0.829. The smallest absolute Gasteiger partial charge is 0.410 e. The normalized spacial score (nSPS) is 24.5. The van der Waals surface area contributed by atoms with Gasteiger partial charge in [0.25, 0.3) is 0 Å². The molecule has 2 aliphatic heterocycles. The van der Waals surface area contributed by atoms with E-state index in [0.717, 1.165) is 6.42 Å². The van der Waals surface area contributed by atoms with Gasteiger partial charge in [-0.05, 0) is 27.2 Å². The van der Waals surface area contributed by atoms with E-state index >= 15 is 0 Å². The number of carbonyl (C=O) groups excluding carboxylic acids is 1. The third kappa shape index (κ3) is 4.31. The van der Waals surface area contributed by atoms with Crippen molar-refractivity contribution >= 4 is 12.1 Å². The maximum atomic E-state index is 12.0. The summed E-state index contributed by atoms with van der Waals surface area (Å²) in [6, 6.07) is 0.158. The number of rotatable bonds is 4. The van der Waals surface area contributed by atoms with Crippen LogP contribution in [0.15, 0.2) is 0 Å². The topological polar surface area (TPSA) is 88.1 Å². The van der Waals surface area contributed by atoms with Crippen LogP contribution in [0.3, 0.4) is 0 Å². The molecule has 1 unspecified atom stereocenters. The van der Waals surface area contributed by atoms with Gasteiger partial charge in [0.15, 0.2) is 0 Å². The first-order valence-corrected chi connectivity index (χ1v) is 7.24. The Morgan fingerprint density at radius 2 is 2.10 bits per heavy atom. The largest absolute Gasteiger partial charge is 0.481 e. The Morgan fingerprint density at radius 1 is 1.43 bits per heavy atom. The molecule has 0 spiro atoms. The fourth-order valence-electron chi connectivity index (χ4n) is 2.76. The van der Waals surface area contributed by atoms with Gasteiger partial charge in [-0.3, -0.25) is 4.79 Å². The Morgan fingerprint density at radius 3 is 2.57 bits per heavy atom. The quantitative estimate of drug-likeness (QED) is 0.799. The molecule has 0 aliphatic carbocycles. The van der Waals surface area contributed by atoms with E-state index in [1.807, 2.05) is 20.8 Å². The van der Waals surface area contributed by atoms with Crippen LogP contribution in [0.1, 0.15) is 33.6 Å². The molecule has 1 amide bonds. The number of carboxylic acid groups (broad SMARTS) is 1. The van der Waals surface area contributed by atoms with Crippen molar-refractivity contribution in [2.45, 2.75) is 50.8 Å². The van der Waals surface area contributed by atoms with Gasteiger partial charge in [-0.1, -0.05) is 0 Å². The zero-order chi connectivity index (χ0) is 15.7. The molecule has 0 aromatic carbocycles. The maximum Gasteiger partial charge on any atom is 0.410 e. The highest BCUT2D eigenvalue weighted by Gasteiger charge is 2.49. The van der Waals surface area contributed by atoms with E-state index in [9.17, 15) is 9.59 Å². The van der Waals surface area contributed by atoms with Crippen LogP contribution in [-0.2, 0) is 14.3 Å². The van der Waals surface area contributed by atoms with E-state index in [2.05, 4.69) is 5.32 Å². The van der Waals surface area contributed by atoms with Crippen LogP contribution in [0.2, 0.25) is 0 Å². The fourth-order valence-corrected chi connectivity index (χ4v) is 2.76. The van der Waals surface area contributed by atoms with Crippen LogP contribution in [0.25, 0.3) is 0 Å². The summed E-state index contributed by atoms with van der Waals surface area (Å²) < 4.78 is 10.6. The van der Waals surface area contributed by atoms with Crippen molar-refractivity contribution in [3.63, 3.8) is 0 Å². The van der Waals surface area contributed by atoms with Crippen LogP contribution < -0.4 is 5.32 Å². The van der Waals surface area contributed by atoms with Crippen molar-refractivity contribution in [1.82, 2.24) is 10.2 Å². The number of hydrogen-bond acceptors (Lipinski definition) is 5. The number of hydrogen-bond donors (Lipinski definition) is 2. The number of ether oxygens (including phenoxy) is 2. The zero-order valence-corrected chi connectivity index (χ0v) is 12.8. The minimum atomic E-state index is -0.870. The monoisotopic (exact) mass is 300 g/mol. The lowest BCUT2D eigenvalue weighted by Gasteiger charge is -2.50. The van der Waals surface area contributed by atoms with Crippen molar-refractivity contribution in [3.05, 3.63) is 0 Å². The van der Waals surface area contributed by atoms with E-state index in [4.69, 9.17) is 14.6 Å². The molecule has 2 heterocycles. The molecule has 120 valence electrons. The van der Waals surface area contributed by atoms with Crippen LogP contribution in [0.4, 0.5) is 4.79 Å². The molecule has 0 radical (unpaired) electrons. The van der Waals surface area contributed by atoms with Gasteiger partial charge in [0.1, 0.15) is 5.60 Å². The summed E-state index contributed by atoms with van der Waals surface area (Å²) in [5.41, 5.74) is -1.12. The molecule has 0 saturated carbocycles. The Balaban J connectivity index is 1.92. The molecule has 7 heteroatoms. The number of carboxylic acids is 1. The van der Waals surface area contributed by atoms with Crippen LogP contribution >= 0.6 is 0 Å². The molecule has 2 N–H and O–H groups in total. The molecular formula is C14H24N2O5. The van der Waals surface area contributed by atoms with Crippen molar-refractivity contribution in [3.8, 4) is 0 Å². The van der Waals surface area contributed by atoms with Crippen molar-refractivity contribution in [1.29, 1.82) is 0 Å². The minimum absolute atomic E-state index is 0.0111. The SMILES string of the molecule is CC(C)(C)OC(=O)N1CC(CC(=O)O)(NC2CCOC2)C1. The molecule has 0 aromatic heterocycles. The molecule has 0 aromatic rings. The van der Waals surface area contributed by atoms with Gasteiger partial charge in [-0.2, -0.15) is 0 Å². The third-order valence-electron chi connectivity index (χ3n) is 3.57. The Kier molecular flexibility index (Phi) is 4.43. The number of aliphatic carboxylic acids is 1. The van der Waals surface area contributed by atoms with E-state index in [0.29, 0.717) is 26.3 Å². The molecule has 21 heavy (non-hydrogen) atoms. The molecule has 2 fully saturated rings. The molecule has 2 saturated heterocycles. The van der Waals surface area contributed by atoms with Gasteiger partial charge in [-0.25, -0.2) is 4.79 Å². The Labute approximate surface area is 124 Å². The van der Waals surface area contributed by atoms with Gasteiger partial charge in [-0.15, -0.1) is 0 Å². The second kappa shape index (κ2) is 5.81. The molecular weight excluding hydrogens is 276 g/mol. The lowest BCUT2D eigenvalue weighted by molar-refractivity contribution is -0.141. The predicted molar refractivity (Wildman–Crippen MR) is 75.2 cm³/mol. The van der Waals surface area contributed by atoms with Crippen LogP contribution in [0.5, 0.6) is 0 Å². The Bertz CT molecular complexity index is 406. The number of nitrogens with one attached hydrogen (secondary N) is 1. The molecule has 7 nitrogen and oxygen atoms in total. The second-order valence-corrected chi connectivity index (χ2v) is 6.89. The summed E-state index contributed by atoms with van der Waals surface area (Å²) in [6.45, 7) is 7.41. The molecule has 0 bridgehead atoms. The van der Waals surface area contributed by atoms with E-state index in [1.54, 1.807) is 0 Å². The third-order valence-corrected chi connectivity index (χ3v) is 3.57. The summed E-state index contributed by atoms with van der Waals surface area (Å²) >= 11 is 0. The first kappa shape index (κ1) is 16.0. The molecule has 1 atom stereocenters. The highest BCUT2D eigenvalue weighted by molar-refractivity contribution is 5.73. The first-order chi connectivity index (χ1) is 9.69. The standard InChI is InChI=1S/C14H24N2O5/c1-13(2,3)21-12(19)16-8-14(9-16,6-11(17)18)15-10-4-5-20-7-10/h10,15H,4-9H2,1-3H3,(H,17,18). The summed E-state index contributed by atoms with van der Waals surface area (Å²) in [7, 11) is 0. The summed E-state index contributed by atoms with van der Waals surface area (Å²) in [5.74, 6) is -0.870. The maximum absolute atomic E-state index is 12.0.